The molecule has 0 saturated carbocycles. The third-order valence-corrected chi connectivity index (χ3v) is 3.52. The van der Waals surface area contributed by atoms with Gasteiger partial charge in [-0.15, -0.1) is 0 Å². The largest absolute Gasteiger partial charge is 0.358 e. The molecule has 86 valence electrons. The third-order valence-electron chi connectivity index (χ3n) is 3.11. The number of aryl methyl sites for hydroxylation is 2. The number of likely N-dealkylation sites (N-methyl/N-ethyl adjacent to an activating group) is 1. The molecule has 1 aromatic carbocycles. The summed E-state index contributed by atoms with van der Waals surface area (Å²) in [4.78, 5) is 3.43. The standard InChI is InChI=1S/C13H17ClN2/c1-8-12(14)5-4-11-10(6-7-15-3)9(2)16-13(8)11/h4-5,15-16H,6-7H2,1-3H3. The van der Waals surface area contributed by atoms with Crippen molar-refractivity contribution in [2.45, 2.75) is 20.3 Å². The fraction of sp³-hybridized carbons (Fsp3) is 0.385. The summed E-state index contributed by atoms with van der Waals surface area (Å²) in [5.41, 5.74) is 4.95. The summed E-state index contributed by atoms with van der Waals surface area (Å²) < 4.78 is 0. The maximum atomic E-state index is 6.12. The Bertz CT molecular complexity index is 514. The molecule has 0 unspecified atom stereocenters. The zero-order valence-corrected chi connectivity index (χ0v) is 10.7. The van der Waals surface area contributed by atoms with Crippen molar-refractivity contribution in [3.8, 4) is 0 Å². The van der Waals surface area contributed by atoms with E-state index in [9.17, 15) is 0 Å². The molecule has 0 atom stereocenters. The number of nitrogens with one attached hydrogen (secondary N) is 2. The van der Waals surface area contributed by atoms with Gasteiger partial charge in [0.2, 0.25) is 0 Å². The molecule has 0 radical (unpaired) electrons. The fourth-order valence-electron chi connectivity index (χ4n) is 2.14. The molecule has 0 fully saturated rings. The van der Waals surface area contributed by atoms with Crippen molar-refractivity contribution in [3.63, 3.8) is 0 Å². The molecule has 3 heteroatoms. The molecular weight excluding hydrogens is 220 g/mol. The highest BCUT2D eigenvalue weighted by Crippen LogP contribution is 2.29. The number of rotatable bonds is 3. The molecule has 0 bridgehead atoms. The van der Waals surface area contributed by atoms with Gasteiger partial charge in [-0.2, -0.15) is 0 Å². The minimum atomic E-state index is 0.828. The van der Waals surface area contributed by atoms with Gasteiger partial charge in [0.1, 0.15) is 0 Å². The molecule has 2 rings (SSSR count). The molecule has 0 saturated heterocycles. The van der Waals surface area contributed by atoms with Crippen LogP contribution in [-0.4, -0.2) is 18.6 Å². The van der Waals surface area contributed by atoms with Crippen LogP contribution in [0.1, 0.15) is 16.8 Å². The maximum Gasteiger partial charge on any atom is 0.0503 e. The topological polar surface area (TPSA) is 27.8 Å². The Labute approximate surface area is 101 Å². The number of hydrogen-bond acceptors (Lipinski definition) is 1. The second kappa shape index (κ2) is 4.48. The maximum absolute atomic E-state index is 6.12. The van der Waals surface area contributed by atoms with Gasteiger partial charge < -0.3 is 10.3 Å². The highest BCUT2D eigenvalue weighted by atomic mass is 35.5. The second-order valence-corrected chi connectivity index (χ2v) is 4.58. The van der Waals surface area contributed by atoms with Crippen molar-refractivity contribution in [2.75, 3.05) is 13.6 Å². The Hall–Kier alpha value is -0.990. The number of fused-ring (bicyclic) bond motifs is 1. The lowest BCUT2D eigenvalue weighted by Crippen LogP contribution is -2.10. The highest BCUT2D eigenvalue weighted by molar-refractivity contribution is 6.32. The Morgan fingerprint density at radius 2 is 2.06 bits per heavy atom. The van der Waals surface area contributed by atoms with Crippen LogP contribution in [-0.2, 0) is 6.42 Å². The van der Waals surface area contributed by atoms with Crippen molar-refractivity contribution in [2.24, 2.45) is 0 Å². The molecule has 0 amide bonds. The first-order chi connectivity index (χ1) is 7.65. The molecule has 16 heavy (non-hydrogen) atoms. The molecular formula is C13H17ClN2. The van der Waals surface area contributed by atoms with E-state index in [0.717, 1.165) is 23.6 Å². The lowest BCUT2D eigenvalue weighted by molar-refractivity contribution is 0.791. The van der Waals surface area contributed by atoms with Gasteiger partial charge in [0, 0.05) is 16.1 Å². The van der Waals surface area contributed by atoms with Gasteiger partial charge in [-0.3, -0.25) is 0 Å². The summed E-state index contributed by atoms with van der Waals surface area (Å²) in [5.74, 6) is 0. The summed E-state index contributed by atoms with van der Waals surface area (Å²) in [6, 6.07) is 4.09. The van der Waals surface area contributed by atoms with Gasteiger partial charge in [0.15, 0.2) is 0 Å². The Kier molecular flexibility index (Phi) is 3.22. The van der Waals surface area contributed by atoms with Crippen LogP contribution in [0.5, 0.6) is 0 Å². The molecule has 0 aliphatic rings. The number of aromatic amines is 1. The molecule has 2 aromatic rings. The van der Waals surface area contributed by atoms with Crippen molar-refractivity contribution < 1.29 is 0 Å². The first-order valence-corrected chi connectivity index (χ1v) is 5.93. The number of hydrogen-bond donors (Lipinski definition) is 2. The molecule has 1 aromatic heterocycles. The lowest BCUT2D eigenvalue weighted by Gasteiger charge is -2.02. The van der Waals surface area contributed by atoms with Crippen LogP contribution in [0.25, 0.3) is 10.9 Å². The summed E-state index contributed by atoms with van der Waals surface area (Å²) in [6.07, 6.45) is 1.05. The quantitative estimate of drug-likeness (QED) is 0.842. The third kappa shape index (κ3) is 1.83. The summed E-state index contributed by atoms with van der Waals surface area (Å²) in [6.45, 7) is 5.18. The summed E-state index contributed by atoms with van der Waals surface area (Å²) >= 11 is 6.12. The predicted molar refractivity (Wildman–Crippen MR) is 70.4 cm³/mol. The van der Waals surface area contributed by atoms with E-state index in [0.29, 0.717) is 0 Å². The van der Waals surface area contributed by atoms with Gasteiger partial charge in [0.05, 0.1) is 5.52 Å². The van der Waals surface area contributed by atoms with Gasteiger partial charge in [0.25, 0.3) is 0 Å². The zero-order valence-electron chi connectivity index (χ0n) is 9.95. The Morgan fingerprint density at radius 3 is 2.75 bits per heavy atom. The van der Waals surface area contributed by atoms with Crippen molar-refractivity contribution in [3.05, 3.63) is 34.0 Å². The number of H-pyrrole nitrogens is 1. The fourth-order valence-corrected chi connectivity index (χ4v) is 2.29. The Balaban J connectivity index is 2.58. The first-order valence-electron chi connectivity index (χ1n) is 5.56. The van der Waals surface area contributed by atoms with Crippen LogP contribution < -0.4 is 5.32 Å². The predicted octanol–water partition coefficient (Wildman–Crippen LogP) is 3.20. The average molecular weight is 237 g/mol. The first kappa shape index (κ1) is 11.5. The van der Waals surface area contributed by atoms with E-state index in [1.165, 1.54) is 22.2 Å². The minimum absolute atomic E-state index is 0.828. The molecule has 0 aliphatic heterocycles. The van der Waals surface area contributed by atoms with E-state index < -0.39 is 0 Å². The monoisotopic (exact) mass is 236 g/mol. The zero-order chi connectivity index (χ0) is 11.7. The van der Waals surface area contributed by atoms with Crippen LogP contribution in [0.15, 0.2) is 12.1 Å². The van der Waals surface area contributed by atoms with Gasteiger partial charge in [-0.25, -0.2) is 0 Å². The van der Waals surface area contributed by atoms with Crippen molar-refractivity contribution in [1.82, 2.24) is 10.3 Å². The smallest absolute Gasteiger partial charge is 0.0503 e. The highest BCUT2D eigenvalue weighted by Gasteiger charge is 2.10. The normalized spacial score (nSPS) is 11.2. The van der Waals surface area contributed by atoms with E-state index in [1.807, 2.05) is 13.1 Å². The Morgan fingerprint density at radius 1 is 1.31 bits per heavy atom. The van der Waals surface area contributed by atoms with Crippen molar-refractivity contribution >= 4 is 22.5 Å². The van der Waals surface area contributed by atoms with E-state index in [2.05, 4.69) is 30.2 Å². The van der Waals surface area contributed by atoms with E-state index >= 15 is 0 Å². The van der Waals surface area contributed by atoms with Gasteiger partial charge >= 0.3 is 0 Å². The number of benzene rings is 1. The molecule has 1 heterocycles. The second-order valence-electron chi connectivity index (χ2n) is 4.18. The molecule has 2 N–H and O–H groups in total. The van der Waals surface area contributed by atoms with Crippen LogP contribution in [0.2, 0.25) is 5.02 Å². The van der Waals surface area contributed by atoms with Crippen LogP contribution >= 0.6 is 11.6 Å². The number of aromatic nitrogens is 1. The molecule has 2 nitrogen and oxygen atoms in total. The van der Waals surface area contributed by atoms with E-state index in [4.69, 9.17) is 11.6 Å². The van der Waals surface area contributed by atoms with Crippen LogP contribution in [0.3, 0.4) is 0 Å². The minimum Gasteiger partial charge on any atom is -0.358 e. The van der Waals surface area contributed by atoms with E-state index in [1.54, 1.807) is 0 Å². The molecule has 0 aliphatic carbocycles. The number of halogens is 1. The molecule has 0 spiro atoms. The SMILES string of the molecule is CNCCc1c(C)[nH]c2c(C)c(Cl)ccc12. The summed E-state index contributed by atoms with van der Waals surface area (Å²) in [5, 5.41) is 5.31. The van der Waals surface area contributed by atoms with Crippen LogP contribution in [0, 0.1) is 13.8 Å². The lowest BCUT2D eigenvalue weighted by atomic mass is 10.1. The average Bonchev–Trinajstić information content (AvgIpc) is 2.58. The van der Waals surface area contributed by atoms with Crippen LogP contribution in [0.4, 0.5) is 0 Å². The van der Waals surface area contributed by atoms with E-state index in [-0.39, 0.29) is 0 Å². The van der Waals surface area contributed by atoms with Gasteiger partial charge in [-0.05, 0) is 51.1 Å². The summed E-state index contributed by atoms with van der Waals surface area (Å²) in [7, 11) is 1.98. The van der Waals surface area contributed by atoms with Crippen molar-refractivity contribution in [1.29, 1.82) is 0 Å². The van der Waals surface area contributed by atoms with Gasteiger partial charge in [-0.1, -0.05) is 17.7 Å².